The van der Waals surface area contributed by atoms with E-state index in [9.17, 15) is 0 Å². The Morgan fingerprint density at radius 2 is 0.793 bits per heavy atom. The van der Waals surface area contributed by atoms with Crippen molar-refractivity contribution in [1.82, 2.24) is 0 Å². The van der Waals surface area contributed by atoms with Crippen molar-refractivity contribution < 1.29 is 0 Å². The van der Waals surface area contributed by atoms with Gasteiger partial charge in [0.15, 0.2) is 0 Å². The molecule has 0 aromatic heterocycles. The summed E-state index contributed by atoms with van der Waals surface area (Å²) in [6.07, 6.45) is 10.4. The van der Waals surface area contributed by atoms with E-state index < -0.39 is 8.07 Å². The average molecular weight is 413 g/mol. The maximum Gasteiger partial charge on any atom is 0.0707 e. The van der Waals surface area contributed by atoms with Gasteiger partial charge in [0.1, 0.15) is 0 Å². The SMILES string of the molecule is CC(C)(C)C1=C[C@@H]([Si](C)(C)[C@@H]2C=C(C(C)(C)C)C=C2C(C)(C)C)C(C(C)(C)C)=C1. The van der Waals surface area contributed by atoms with Crippen LogP contribution in [0.15, 0.2) is 46.6 Å². The molecule has 0 N–H and O–H groups in total. The van der Waals surface area contributed by atoms with Crippen LogP contribution in [0.1, 0.15) is 83.1 Å². The molecule has 164 valence electrons. The molecule has 0 aromatic carbocycles. The molecule has 0 saturated heterocycles. The van der Waals surface area contributed by atoms with E-state index in [0.29, 0.717) is 11.1 Å². The molecule has 0 bridgehead atoms. The first-order chi connectivity index (χ1) is 12.7. The zero-order valence-corrected chi connectivity index (χ0v) is 23.0. The minimum Gasteiger partial charge on any atom is -0.0763 e. The second-order valence-corrected chi connectivity index (χ2v) is 19.1. The lowest BCUT2D eigenvalue weighted by atomic mass is 9.83. The largest absolute Gasteiger partial charge is 0.0763 e. The highest BCUT2D eigenvalue weighted by molar-refractivity contribution is 6.82. The van der Waals surface area contributed by atoms with Crippen LogP contribution < -0.4 is 0 Å². The zero-order valence-electron chi connectivity index (χ0n) is 22.0. The highest BCUT2D eigenvalue weighted by Crippen LogP contribution is 2.57. The lowest BCUT2D eigenvalue weighted by molar-refractivity contribution is 0.484. The van der Waals surface area contributed by atoms with Crippen LogP contribution in [0.2, 0.25) is 24.2 Å². The van der Waals surface area contributed by atoms with Crippen LogP contribution in [0.3, 0.4) is 0 Å². The van der Waals surface area contributed by atoms with Gasteiger partial charge in [0.2, 0.25) is 0 Å². The van der Waals surface area contributed by atoms with E-state index in [2.05, 4.69) is 120 Å². The first-order valence-electron chi connectivity index (χ1n) is 11.6. The van der Waals surface area contributed by atoms with E-state index in [0.717, 1.165) is 0 Å². The van der Waals surface area contributed by atoms with Crippen molar-refractivity contribution in [1.29, 1.82) is 0 Å². The van der Waals surface area contributed by atoms with Crippen molar-refractivity contribution >= 4 is 8.07 Å². The molecule has 0 saturated carbocycles. The molecule has 2 atom stereocenters. The van der Waals surface area contributed by atoms with Gasteiger partial charge in [0, 0.05) is 0 Å². The fraction of sp³-hybridized carbons (Fsp3) is 0.714. The predicted octanol–water partition coefficient (Wildman–Crippen LogP) is 9.35. The molecule has 0 radical (unpaired) electrons. The second kappa shape index (κ2) is 7.11. The van der Waals surface area contributed by atoms with Gasteiger partial charge in [0.25, 0.3) is 0 Å². The van der Waals surface area contributed by atoms with Gasteiger partial charge in [-0.1, -0.05) is 132 Å². The minimum atomic E-state index is -1.71. The molecule has 0 spiro atoms. The van der Waals surface area contributed by atoms with Crippen molar-refractivity contribution in [2.75, 3.05) is 0 Å². The summed E-state index contributed by atoms with van der Waals surface area (Å²) in [5.41, 5.74) is 8.42. The maximum absolute atomic E-state index is 2.66. The molecule has 0 unspecified atom stereocenters. The summed E-state index contributed by atoms with van der Waals surface area (Å²) in [5.74, 6) is 0. The van der Waals surface area contributed by atoms with Crippen molar-refractivity contribution in [2.45, 2.75) is 107 Å². The summed E-state index contributed by atoms with van der Waals surface area (Å²) < 4.78 is 0. The third kappa shape index (κ3) is 4.92. The van der Waals surface area contributed by atoms with E-state index in [-0.39, 0.29) is 21.7 Å². The summed E-state index contributed by atoms with van der Waals surface area (Å²) in [6.45, 7) is 33.9. The van der Waals surface area contributed by atoms with Crippen molar-refractivity contribution in [3.63, 3.8) is 0 Å². The maximum atomic E-state index is 2.66. The fourth-order valence-electron chi connectivity index (χ4n) is 4.87. The van der Waals surface area contributed by atoms with Gasteiger partial charge in [-0.15, -0.1) is 0 Å². The Balaban J connectivity index is 2.63. The second-order valence-electron chi connectivity index (χ2n) is 14.2. The van der Waals surface area contributed by atoms with Crippen LogP contribution in [0.5, 0.6) is 0 Å². The molecular weight excluding hydrogens is 364 g/mol. The predicted molar refractivity (Wildman–Crippen MR) is 135 cm³/mol. The molecule has 0 heterocycles. The van der Waals surface area contributed by atoms with Gasteiger partial charge >= 0.3 is 0 Å². The van der Waals surface area contributed by atoms with Crippen LogP contribution in [0.25, 0.3) is 0 Å². The molecule has 0 fully saturated rings. The molecule has 29 heavy (non-hydrogen) atoms. The van der Waals surface area contributed by atoms with E-state index in [1.165, 1.54) is 11.1 Å². The first kappa shape index (κ1) is 24.4. The highest BCUT2D eigenvalue weighted by Gasteiger charge is 2.48. The topological polar surface area (TPSA) is 0 Å². The molecule has 0 aliphatic heterocycles. The van der Waals surface area contributed by atoms with Gasteiger partial charge in [-0.2, -0.15) is 0 Å². The van der Waals surface area contributed by atoms with Crippen molar-refractivity contribution in [2.24, 2.45) is 21.7 Å². The normalized spacial score (nSPS) is 24.3. The fourth-order valence-corrected chi connectivity index (χ4v) is 9.11. The monoisotopic (exact) mass is 412 g/mol. The summed E-state index contributed by atoms with van der Waals surface area (Å²) >= 11 is 0. The lowest BCUT2D eigenvalue weighted by Crippen LogP contribution is -2.41. The third-order valence-corrected chi connectivity index (χ3v) is 11.2. The van der Waals surface area contributed by atoms with Gasteiger partial charge < -0.3 is 0 Å². The standard InChI is InChI=1S/C28H48Si/c1-25(2,3)19-15-21(27(7,8)9)23(17-19)29(13,14)24-18-20(26(4,5)6)16-22(24)28(10,11)12/h15-18,23-24H,1-14H3/t23-,24-/m1/s1. The summed E-state index contributed by atoms with van der Waals surface area (Å²) in [5, 5.41) is 0. The van der Waals surface area contributed by atoms with Crippen molar-refractivity contribution in [3.05, 3.63) is 46.6 Å². The van der Waals surface area contributed by atoms with E-state index in [4.69, 9.17) is 0 Å². The molecule has 0 nitrogen and oxygen atoms in total. The van der Waals surface area contributed by atoms with E-state index >= 15 is 0 Å². The Morgan fingerprint density at radius 1 is 0.517 bits per heavy atom. The van der Waals surface area contributed by atoms with Gasteiger partial charge in [-0.25, -0.2) is 0 Å². The third-order valence-electron chi connectivity index (χ3n) is 7.05. The zero-order chi connectivity index (χ0) is 22.8. The minimum absolute atomic E-state index is 0.208. The Bertz CT molecular complexity index is 702. The molecule has 1 heteroatoms. The summed E-state index contributed by atoms with van der Waals surface area (Å²) in [4.78, 5) is 0. The molecule has 0 amide bonds. The Labute approximate surface area is 183 Å². The first-order valence-corrected chi connectivity index (χ1v) is 14.7. The van der Waals surface area contributed by atoms with Crippen LogP contribution >= 0.6 is 0 Å². The summed E-state index contributed by atoms with van der Waals surface area (Å²) in [7, 11) is -1.71. The van der Waals surface area contributed by atoms with Crippen LogP contribution in [-0.2, 0) is 0 Å². The molecule has 2 rings (SSSR count). The quantitative estimate of drug-likeness (QED) is 0.396. The number of rotatable bonds is 2. The van der Waals surface area contributed by atoms with E-state index in [1.54, 1.807) is 11.1 Å². The summed E-state index contributed by atoms with van der Waals surface area (Å²) in [6, 6.07) is 0. The van der Waals surface area contributed by atoms with Gasteiger partial charge in [-0.3, -0.25) is 0 Å². The molecule has 2 aliphatic carbocycles. The Kier molecular flexibility index (Phi) is 5.99. The lowest BCUT2D eigenvalue weighted by Gasteiger charge is -2.43. The Morgan fingerprint density at radius 3 is 1.00 bits per heavy atom. The van der Waals surface area contributed by atoms with Crippen LogP contribution in [0.4, 0.5) is 0 Å². The van der Waals surface area contributed by atoms with E-state index in [1.807, 2.05) is 0 Å². The van der Waals surface area contributed by atoms with Gasteiger partial charge in [-0.05, 0) is 43.9 Å². The number of hydrogen-bond acceptors (Lipinski definition) is 0. The van der Waals surface area contributed by atoms with Crippen LogP contribution in [0, 0.1) is 21.7 Å². The Hall–Kier alpha value is -0.823. The number of allylic oxidation sites excluding steroid dienone is 8. The average Bonchev–Trinajstić information content (AvgIpc) is 3.10. The smallest absolute Gasteiger partial charge is 0.0707 e. The molecular formula is C28H48Si. The van der Waals surface area contributed by atoms with Gasteiger partial charge in [0.05, 0.1) is 8.07 Å². The highest BCUT2D eigenvalue weighted by atomic mass is 28.3. The number of hydrogen-bond donors (Lipinski definition) is 0. The van der Waals surface area contributed by atoms with Crippen LogP contribution in [-0.4, -0.2) is 8.07 Å². The van der Waals surface area contributed by atoms with Crippen molar-refractivity contribution in [3.8, 4) is 0 Å². The molecule has 2 aliphatic rings. The molecule has 0 aromatic rings.